The summed E-state index contributed by atoms with van der Waals surface area (Å²) in [6.45, 7) is 4.54. The topological polar surface area (TPSA) is 58.4 Å². The highest BCUT2D eigenvalue weighted by atomic mass is 32.1. The van der Waals surface area contributed by atoms with Gasteiger partial charge >= 0.3 is 0 Å². The Bertz CT molecular complexity index is 967. The molecule has 0 spiro atoms. The average molecular weight is 415 g/mol. The lowest BCUT2D eigenvalue weighted by molar-refractivity contribution is -0.132. The Balaban J connectivity index is 1.55. The minimum absolute atomic E-state index is 0.00829. The molecule has 2 aliphatic heterocycles. The zero-order chi connectivity index (χ0) is 19.8. The van der Waals surface area contributed by atoms with E-state index in [0.717, 1.165) is 74.3 Å². The summed E-state index contributed by atoms with van der Waals surface area (Å²) in [4.78, 5) is 38.1. The van der Waals surface area contributed by atoms with Gasteiger partial charge in [-0.15, -0.1) is 11.3 Å². The Morgan fingerprint density at radius 1 is 0.931 bits per heavy atom. The first-order chi connectivity index (χ1) is 14.2. The van der Waals surface area contributed by atoms with E-state index in [9.17, 15) is 9.59 Å². The Morgan fingerprint density at radius 2 is 1.66 bits per heavy atom. The summed E-state index contributed by atoms with van der Waals surface area (Å²) in [6.07, 6.45) is 10.1. The first-order valence-electron chi connectivity index (χ1n) is 11.2. The lowest BCUT2D eigenvalue weighted by Crippen LogP contribution is -2.41. The molecule has 3 aliphatic rings. The average Bonchev–Trinajstić information content (AvgIpc) is 3.38. The largest absolute Gasteiger partial charge is 0.341 e. The van der Waals surface area contributed by atoms with Gasteiger partial charge in [-0.25, -0.2) is 4.98 Å². The van der Waals surface area contributed by atoms with Gasteiger partial charge < -0.3 is 4.90 Å². The number of hydrogen-bond donors (Lipinski definition) is 0. The third-order valence-electron chi connectivity index (χ3n) is 6.72. The molecule has 0 atom stereocenters. The van der Waals surface area contributed by atoms with Crippen molar-refractivity contribution in [3.05, 3.63) is 26.6 Å². The number of aryl methyl sites for hydroxylation is 2. The zero-order valence-electron chi connectivity index (χ0n) is 17.1. The number of nitrogens with zero attached hydrogens (tertiary/aromatic N) is 4. The lowest BCUT2D eigenvalue weighted by atomic mass is 9.97. The summed E-state index contributed by atoms with van der Waals surface area (Å²) in [6, 6.07) is 0. The van der Waals surface area contributed by atoms with Crippen LogP contribution in [0.1, 0.15) is 61.2 Å². The van der Waals surface area contributed by atoms with Gasteiger partial charge in [-0.05, 0) is 76.4 Å². The van der Waals surface area contributed by atoms with Crippen molar-refractivity contribution in [3.8, 4) is 0 Å². The number of hydrogen-bond acceptors (Lipinski definition) is 5. The van der Waals surface area contributed by atoms with Crippen LogP contribution in [-0.2, 0) is 30.7 Å². The van der Waals surface area contributed by atoms with Gasteiger partial charge in [0.2, 0.25) is 5.91 Å². The molecule has 2 saturated heterocycles. The Labute approximate surface area is 175 Å². The summed E-state index contributed by atoms with van der Waals surface area (Å²) in [5.41, 5.74) is 1.22. The summed E-state index contributed by atoms with van der Waals surface area (Å²) < 4.78 is 1.71. The van der Waals surface area contributed by atoms with E-state index >= 15 is 0 Å². The predicted molar refractivity (Wildman–Crippen MR) is 115 cm³/mol. The van der Waals surface area contributed by atoms with Crippen molar-refractivity contribution in [1.29, 1.82) is 0 Å². The van der Waals surface area contributed by atoms with Crippen molar-refractivity contribution >= 4 is 27.5 Å². The van der Waals surface area contributed by atoms with Gasteiger partial charge in [0.25, 0.3) is 5.56 Å². The van der Waals surface area contributed by atoms with Crippen LogP contribution in [0.2, 0.25) is 0 Å². The molecule has 0 bridgehead atoms. The molecule has 0 saturated carbocycles. The SMILES string of the molecule is O=C(Cn1c(CN2CCCC2)nc2sc3c(c2c1=O)CCCC3)N1CCCCC1. The molecule has 156 valence electrons. The normalized spacial score (nSPS) is 20.3. The van der Waals surface area contributed by atoms with E-state index < -0.39 is 0 Å². The second kappa shape index (κ2) is 8.19. The third kappa shape index (κ3) is 3.75. The maximum absolute atomic E-state index is 13.6. The molecule has 4 heterocycles. The third-order valence-corrected chi connectivity index (χ3v) is 7.91. The second-order valence-corrected chi connectivity index (χ2v) is 9.82. The van der Waals surface area contributed by atoms with Crippen LogP contribution in [-0.4, -0.2) is 51.4 Å². The molecule has 0 N–H and O–H groups in total. The van der Waals surface area contributed by atoms with E-state index in [1.807, 2.05) is 4.90 Å². The number of thiophene rings is 1. The molecule has 6 nitrogen and oxygen atoms in total. The van der Waals surface area contributed by atoms with Gasteiger partial charge in [0.1, 0.15) is 17.2 Å². The van der Waals surface area contributed by atoms with E-state index in [1.54, 1.807) is 15.9 Å². The van der Waals surface area contributed by atoms with Crippen molar-refractivity contribution in [3.63, 3.8) is 0 Å². The van der Waals surface area contributed by atoms with Crippen LogP contribution in [0.25, 0.3) is 10.2 Å². The molecule has 1 aliphatic carbocycles. The van der Waals surface area contributed by atoms with Crippen molar-refractivity contribution < 1.29 is 4.79 Å². The van der Waals surface area contributed by atoms with Gasteiger partial charge in [0.05, 0.1) is 11.9 Å². The van der Waals surface area contributed by atoms with Gasteiger partial charge in [-0.1, -0.05) is 0 Å². The molecule has 7 heteroatoms. The minimum atomic E-state index is 0.00829. The number of piperidine rings is 1. The standard InChI is InChI=1S/C22H30N4O2S/c27-19(25-12-4-1-5-13-25)15-26-18(14-24-10-6-7-11-24)23-21-20(22(26)28)16-8-2-3-9-17(16)29-21/h1-15H2. The number of rotatable bonds is 4. The van der Waals surface area contributed by atoms with Crippen molar-refractivity contribution in [2.75, 3.05) is 26.2 Å². The lowest BCUT2D eigenvalue weighted by Gasteiger charge is -2.27. The monoisotopic (exact) mass is 414 g/mol. The molecule has 0 aromatic carbocycles. The van der Waals surface area contributed by atoms with E-state index in [2.05, 4.69) is 4.90 Å². The highest BCUT2D eigenvalue weighted by Gasteiger charge is 2.25. The number of fused-ring (bicyclic) bond motifs is 3. The molecule has 0 unspecified atom stereocenters. The Morgan fingerprint density at radius 3 is 2.45 bits per heavy atom. The van der Waals surface area contributed by atoms with Gasteiger partial charge in [0, 0.05) is 18.0 Å². The van der Waals surface area contributed by atoms with Gasteiger partial charge in [0.15, 0.2) is 0 Å². The van der Waals surface area contributed by atoms with Crippen molar-refractivity contribution in [2.24, 2.45) is 0 Å². The Hall–Kier alpha value is -1.73. The van der Waals surface area contributed by atoms with Crippen LogP contribution in [0.5, 0.6) is 0 Å². The molecule has 2 fully saturated rings. The summed E-state index contributed by atoms with van der Waals surface area (Å²) in [5, 5.41) is 0.793. The van der Waals surface area contributed by atoms with Crippen molar-refractivity contribution in [2.45, 2.75) is 70.9 Å². The van der Waals surface area contributed by atoms with E-state index in [0.29, 0.717) is 6.54 Å². The fourth-order valence-corrected chi connectivity index (χ4v) is 6.35. The summed E-state index contributed by atoms with van der Waals surface area (Å²) >= 11 is 1.70. The number of likely N-dealkylation sites (tertiary alicyclic amines) is 2. The molecule has 5 rings (SSSR count). The molecule has 0 radical (unpaired) electrons. The first kappa shape index (κ1) is 19.2. The Kier molecular flexibility index (Phi) is 5.43. The maximum atomic E-state index is 13.6. The van der Waals surface area contributed by atoms with E-state index in [1.165, 1.54) is 36.1 Å². The molecule has 1 amide bonds. The number of carbonyl (C=O) groups excluding carboxylic acids is 1. The van der Waals surface area contributed by atoms with Crippen LogP contribution in [0.3, 0.4) is 0 Å². The number of amides is 1. The summed E-state index contributed by atoms with van der Waals surface area (Å²) in [5.74, 6) is 0.841. The molecule has 2 aromatic rings. The number of carbonyl (C=O) groups is 1. The van der Waals surface area contributed by atoms with Gasteiger partial charge in [-0.3, -0.25) is 19.1 Å². The quantitative estimate of drug-likeness (QED) is 0.772. The van der Waals surface area contributed by atoms with Crippen LogP contribution >= 0.6 is 11.3 Å². The maximum Gasteiger partial charge on any atom is 0.263 e. The fraction of sp³-hybridized carbons (Fsp3) is 0.682. The smallest absolute Gasteiger partial charge is 0.263 e. The highest BCUT2D eigenvalue weighted by molar-refractivity contribution is 7.18. The molecule has 29 heavy (non-hydrogen) atoms. The zero-order valence-corrected chi connectivity index (χ0v) is 17.9. The van der Waals surface area contributed by atoms with Crippen LogP contribution in [0.4, 0.5) is 0 Å². The van der Waals surface area contributed by atoms with Crippen LogP contribution in [0.15, 0.2) is 4.79 Å². The molecular formula is C22H30N4O2S. The summed E-state index contributed by atoms with van der Waals surface area (Å²) in [7, 11) is 0. The molecular weight excluding hydrogens is 384 g/mol. The predicted octanol–water partition coefficient (Wildman–Crippen LogP) is 2.95. The fourth-order valence-electron chi connectivity index (χ4n) is 5.08. The number of aromatic nitrogens is 2. The first-order valence-corrected chi connectivity index (χ1v) is 12.1. The molecule has 2 aromatic heterocycles. The van der Waals surface area contributed by atoms with Crippen molar-refractivity contribution in [1.82, 2.24) is 19.4 Å². The highest BCUT2D eigenvalue weighted by Crippen LogP contribution is 2.34. The minimum Gasteiger partial charge on any atom is -0.341 e. The van der Waals surface area contributed by atoms with Gasteiger partial charge in [-0.2, -0.15) is 0 Å². The van der Waals surface area contributed by atoms with Crippen LogP contribution < -0.4 is 5.56 Å². The second-order valence-electron chi connectivity index (χ2n) is 8.74. The van der Waals surface area contributed by atoms with E-state index in [-0.39, 0.29) is 18.0 Å². The van der Waals surface area contributed by atoms with E-state index in [4.69, 9.17) is 4.98 Å². The van der Waals surface area contributed by atoms with Crippen LogP contribution in [0, 0.1) is 0 Å².